The zero-order valence-corrected chi connectivity index (χ0v) is 16.3. The van der Waals surface area contributed by atoms with Crippen molar-refractivity contribution in [1.82, 2.24) is 15.5 Å². The van der Waals surface area contributed by atoms with Crippen LogP contribution < -0.4 is 10.6 Å². The van der Waals surface area contributed by atoms with Gasteiger partial charge in [0.15, 0.2) is 5.96 Å². The second-order valence-electron chi connectivity index (χ2n) is 5.94. The van der Waals surface area contributed by atoms with E-state index < -0.39 is 0 Å². The van der Waals surface area contributed by atoms with Crippen molar-refractivity contribution in [2.75, 3.05) is 19.6 Å². The van der Waals surface area contributed by atoms with Crippen molar-refractivity contribution >= 4 is 33.7 Å². The minimum absolute atomic E-state index is 0.0617. The average molecular weight is 409 g/mol. The maximum absolute atomic E-state index is 11.8. The minimum atomic E-state index is -0.0917. The fourth-order valence-corrected chi connectivity index (χ4v) is 3.37. The number of halogens is 1. The standard InChI is InChI=1S/C18H25BrN4O2/c1-3-20-18(22-13(2)14-7-4-5-8-15(14)19)21-11-12-23-16(24)9-6-10-17(23)25/h4-5,7-8,13H,3,6,9-12H2,1-2H3,(H2,20,21,22). The van der Waals surface area contributed by atoms with Gasteiger partial charge in [0.05, 0.1) is 12.6 Å². The lowest BCUT2D eigenvalue weighted by atomic mass is 10.1. The third kappa shape index (κ3) is 5.56. The molecule has 7 heteroatoms. The first-order chi connectivity index (χ1) is 12.0. The number of nitrogens with zero attached hydrogens (tertiary/aromatic N) is 2. The van der Waals surface area contributed by atoms with Crippen LogP contribution in [-0.2, 0) is 9.59 Å². The smallest absolute Gasteiger partial charge is 0.229 e. The van der Waals surface area contributed by atoms with E-state index in [1.54, 1.807) is 0 Å². The Hall–Kier alpha value is -1.89. The Balaban J connectivity index is 1.97. The number of guanidine groups is 1. The summed E-state index contributed by atoms with van der Waals surface area (Å²) in [5, 5.41) is 6.55. The SMILES string of the molecule is CCNC(=NCCN1C(=O)CCCC1=O)NC(C)c1ccccc1Br. The molecule has 1 heterocycles. The fourth-order valence-electron chi connectivity index (χ4n) is 2.74. The van der Waals surface area contributed by atoms with E-state index in [9.17, 15) is 9.59 Å². The molecule has 0 bridgehead atoms. The number of hydrogen-bond acceptors (Lipinski definition) is 3. The molecule has 25 heavy (non-hydrogen) atoms. The monoisotopic (exact) mass is 408 g/mol. The van der Waals surface area contributed by atoms with Gasteiger partial charge in [0.25, 0.3) is 0 Å². The van der Waals surface area contributed by atoms with Gasteiger partial charge in [-0.3, -0.25) is 19.5 Å². The first-order valence-electron chi connectivity index (χ1n) is 8.65. The van der Waals surface area contributed by atoms with E-state index in [-0.39, 0.29) is 17.9 Å². The maximum Gasteiger partial charge on any atom is 0.229 e. The Morgan fingerprint density at radius 2 is 1.96 bits per heavy atom. The third-order valence-electron chi connectivity index (χ3n) is 4.05. The first kappa shape index (κ1) is 19.4. The molecule has 2 amide bonds. The maximum atomic E-state index is 11.8. The van der Waals surface area contributed by atoms with Crippen LogP contribution in [0.2, 0.25) is 0 Å². The van der Waals surface area contributed by atoms with Crippen molar-refractivity contribution in [3.8, 4) is 0 Å². The van der Waals surface area contributed by atoms with Crippen LogP contribution in [0.5, 0.6) is 0 Å². The van der Waals surface area contributed by atoms with Crippen LogP contribution in [-0.4, -0.2) is 42.3 Å². The van der Waals surface area contributed by atoms with Crippen LogP contribution >= 0.6 is 15.9 Å². The van der Waals surface area contributed by atoms with Crippen LogP contribution in [0.1, 0.15) is 44.7 Å². The lowest BCUT2D eigenvalue weighted by Gasteiger charge is -2.24. The number of carbonyl (C=O) groups is 2. The molecule has 2 N–H and O–H groups in total. The molecule has 0 aliphatic carbocycles. The van der Waals surface area contributed by atoms with Gasteiger partial charge in [-0.25, -0.2) is 0 Å². The summed E-state index contributed by atoms with van der Waals surface area (Å²) >= 11 is 3.56. The Morgan fingerprint density at radius 1 is 1.28 bits per heavy atom. The lowest BCUT2D eigenvalue weighted by molar-refractivity contribution is -0.147. The number of carbonyl (C=O) groups excluding carboxylic acids is 2. The summed E-state index contributed by atoms with van der Waals surface area (Å²) < 4.78 is 1.04. The van der Waals surface area contributed by atoms with Crippen molar-refractivity contribution < 1.29 is 9.59 Å². The zero-order valence-electron chi connectivity index (χ0n) is 14.7. The topological polar surface area (TPSA) is 73.8 Å². The van der Waals surface area contributed by atoms with Gasteiger partial charge in [-0.15, -0.1) is 0 Å². The summed E-state index contributed by atoms with van der Waals surface area (Å²) in [7, 11) is 0. The second kappa shape index (κ2) is 9.56. The number of aliphatic imine (C=N–C) groups is 1. The molecule has 0 radical (unpaired) electrons. The van der Waals surface area contributed by atoms with Crippen LogP contribution in [0.3, 0.4) is 0 Å². The highest BCUT2D eigenvalue weighted by atomic mass is 79.9. The Labute approximate surface area is 157 Å². The Bertz CT molecular complexity index is 632. The summed E-state index contributed by atoms with van der Waals surface area (Å²) in [5.41, 5.74) is 1.13. The van der Waals surface area contributed by atoms with Gasteiger partial charge in [-0.1, -0.05) is 34.1 Å². The molecule has 1 unspecified atom stereocenters. The van der Waals surface area contributed by atoms with Crippen LogP contribution in [0, 0.1) is 0 Å². The molecular weight excluding hydrogens is 384 g/mol. The number of hydrogen-bond donors (Lipinski definition) is 2. The van der Waals surface area contributed by atoms with Crippen LogP contribution in [0.4, 0.5) is 0 Å². The summed E-state index contributed by atoms with van der Waals surface area (Å²) in [4.78, 5) is 29.5. The van der Waals surface area contributed by atoms with Crippen molar-refractivity contribution in [1.29, 1.82) is 0 Å². The van der Waals surface area contributed by atoms with Crippen LogP contribution in [0.25, 0.3) is 0 Å². The number of amides is 2. The molecule has 1 aliphatic heterocycles. The largest absolute Gasteiger partial charge is 0.357 e. The lowest BCUT2D eigenvalue weighted by Crippen LogP contribution is -2.43. The summed E-state index contributed by atoms with van der Waals surface area (Å²) in [6.07, 6.45) is 1.56. The summed E-state index contributed by atoms with van der Waals surface area (Å²) in [5.74, 6) is 0.486. The second-order valence-corrected chi connectivity index (χ2v) is 6.80. The zero-order chi connectivity index (χ0) is 18.2. The average Bonchev–Trinajstić information content (AvgIpc) is 2.58. The summed E-state index contributed by atoms with van der Waals surface area (Å²) in [6, 6.07) is 8.09. The molecule has 1 fully saturated rings. The quantitative estimate of drug-likeness (QED) is 0.431. The van der Waals surface area contributed by atoms with Gasteiger partial charge in [0.1, 0.15) is 0 Å². The van der Waals surface area contributed by atoms with E-state index in [2.05, 4.69) is 44.5 Å². The van der Waals surface area contributed by atoms with E-state index in [4.69, 9.17) is 0 Å². The van der Waals surface area contributed by atoms with Gasteiger partial charge >= 0.3 is 0 Å². The highest BCUT2D eigenvalue weighted by Crippen LogP contribution is 2.22. The molecule has 136 valence electrons. The first-order valence-corrected chi connectivity index (χ1v) is 9.44. The molecule has 2 rings (SSSR count). The number of likely N-dealkylation sites (tertiary alicyclic amines) is 1. The molecule has 0 aromatic heterocycles. The highest BCUT2D eigenvalue weighted by Gasteiger charge is 2.25. The molecule has 1 atom stereocenters. The minimum Gasteiger partial charge on any atom is -0.357 e. The molecule has 1 saturated heterocycles. The van der Waals surface area contributed by atoms with E-state index in [1.807, 2.05) is 25.1 Å². The normalized spacial score (nSPS) is 16.8. The van der Waals surface area contributed by atoms with E-state index >= 15 is 0 Å². The van der Waals surface area contributed by atoms with E-state index in [0.29, 0.717) is 38.3 Å². The van der Waals surface area contributed by atoms with Crippen molar-refractivity contribution in [2.45, 2.75) is 39.2 Å². The highest BCUT2D eigenvalue weighted by molar-refractivity contribution is 9.10. The molecule has 0 spiro atoms. The molecule has 1 aromatic carbocycles. The number of piperidine rings is 1. The number of imide groups is 1. The van der Waals surface area contributed by atoms with Crippen LogP contribution in [0.15, 0.2) is 33.7 Å². The molecule has 1 aliphatic rings. The van der Waals surface area contributed by atoms with Crippen molar-refractivity contribution in [3.05, 3.63) is 34.3 Å². The predicted molar refractivity (Wildman–Crippen MR) is 102 cm³/mol. The summed E-state index contributed by atoms with van der Waals surface area (Å²) in [6.45, 7) is 5.51. The molecular formula is C18H25BrN4O2. The molecule has 1 aromatic rings. The molecule has 0 saturated carbocycles. The number of benzene rings is 1. The van der Waals surface area contributed by atoms with E-state index in [1.165, 1.54) is 4.90 Å². The van der Waals surface area contributed by atoms with Gasteiger partial charge in [-0.05, 0) is 31.9 Å². The van der Waals surface area contributed by atoms with E-state index in [0.717, 1.165) is 16.6 Å². The Kier molecular flexibility index (Phi) is 7.43. The van der Waals surface area contributed by atoms with Crippen molar-refractivity contribution in [3.63, 3.8) is 0 Å². The van der Waals surface area contributed by atoms with Gasteiger partial charge < -0.3 is 10.6 Å². The predicted octanol–water partition coefficient (Wildman–Crippen LogP) is 2.60. The number of nitrogens with one attached hydrogen (secondary N) is 2. The van der Waals surface area contributed by atoms with Gasteiger partial charge in [0.2, 0.25) is 11.8 Å². The molecule has 6 nitrogen and oxygen atoms in total. The number of rotatable bonds is 6. The van der Waals surface area contributed by atoms with Gasteiger partial charge in [-0.2, -0.15) is 0 Å². The third-order valence-corrected chi connectivity index (χ3v) is 4.77. The fraction of sp³-hybridized carbons (Fsp3) is 0.500. The van der Waals surface area contributed by atoms with Crippen molar-refractivity contribution in [2.24, 2.45) is 4.99 Å². The van der Waals surface area contributed by atoms with Gasteiger partial charge in [0, 0.05) is 30.4 Å². The Morgan fingerprint density at radius 3 is 2.60 bits per heavy atom.